The lowest BCUT2D eigenvalue weighted by Gasteiger charge is -2.12. The van der Waals surface area contributed by atoms with Crippen LogP contribution in [0.4, 0.5) is 13.2 Å². The first-order valence-electron chi connectivity index (χ1n) is 8.51. The number of hydrogen-bond acceptors (Lipinski definition) is 5. The van der Waals surface area contributed by atoms with E-state index in [9.17, 15) is 22.8 Å². The number of nitrogens with one attached hydrogen (secondary N) is 2. The Morgan fingerprint density at radius 2 is 1.73 bits per heavy atom. The summed E-state index contributed by atoms with van der Waals surface area (Å²) >= 11 is 0. The zero-order valence-corrected chi connectivity index (χ0v) is 15.2. The summed E-state index contributed by atoms with van der Waals surface area (Å²) in [6, 6.07) is 14.0. The second kappa shape index (κ2) is 8.52. The Bertz CT molecular complexity index is 1130. The average Bonchev–Trinajstić information content (AvgIpc) is 3.10. The molecule has 0 aliphatic carbocycles. The number of aromatic nitrogens is 2. The van der Waals surface area contributed by atoms with Crippen LogP contribution in [0.15, 0.2) is 48.5 Å². The summed E-state index contributed by atoms with van der Waals surface area (Å²) in [5.74, 6) is -2.69. The fraction of sp³-hybridized carbons (Fsp3) is 0.158. The zero-order valence-electron chi connectivity index (χ0n) is 15.2. The highest BCUT2D eigenvalue weighted by Crippen LogP contribution is 2.31. The van der Waals surface area contributed by atoms with Gasteiger partial charge in [0.05, 0.1) is 16.6 Å². The molecule has 2 amide bonds. The molecule has 0 spiro atoms. The van der Waals surface area contributed by atoms with E-state index in [2.05, 4.69) is 4.98 Å². The van der Waals surface area contributed by atoms with Crippen molar-refractivity contribution in [2.24, 2.45) is 0 Å². The number of carbonyl (C=O) groups is 2. The van der Waals surface area contributed by atoms with Crippen molar-refractivity contribution in [3.8, 4) is 11.8 Å². The Balaban J connectivity index is 1.61. The van der Waals surface area contributed by atoms with Crippen LogP contribution in [-0.2, 0) is 22.3 Å². The van der Waals surface area contributed by atoms with Gasteiger partial charge in [0.25, 0.3) is 11.8 Å². The first kappa shape index (κ1) is 20.7. The van der Waals surface area contributed by atoms with Gasteiger partial charge < -0.3 is 9.30 Å². The SMILES string of the molecule is N#Cc1ccccc1OCC(=O)NNC(=O)Cn1c(C(F)(F)F)nc2ccccc21. The van der Waals surface area contributed by atoms with E-state index in [1.54, 1.807) is 12.1 Å². The van der Waals surface area contributed by atoms with Gasteiger partial charge in [-0.2, -0.15) is 18.4 Å². The second-order valence-corrected chi connectivity index (χ2v) is 6.00. The van der Waals surface area contributed by atoms with Crippen LogP contribution in [0.3, 0.4) is 0 Å². The van der Waals surface area contributed by atoms with E-state index in [4.69, 9.17) is 10.00 Å². The molecule has 30 heavy (non-hydrogen) atoms. The van der Waals surface area contributed by atoms with Crippen molar-refractivity contribution in [2.75, 3.05) is 6.61 Å². The van der Waals surface area contributed by atoms with E-state index in [0.29, 0.717) is 0 Å². The Morgan fingerprint density at radius 1 is 1.07 bits per heavy atom. The van der Waals surface area contributed by atoms with Crippen molar-refractivity contribution < 1.29 is 27.5 Å². The van der Waals surface area contributed by atoms with Crippen LogP contribution in [0.1, 0.15) is 11.4 Å². The van der Waals surface area contributed by atoms with Gasteiger partial charge in [0.2, 0.25) is 5.82 Å². The number of amides is 2. The molecule has 0 saturated heterocycles. The van der Waals surface area contributed by atoms with Gasteiger partial charge in [-0.3, -0.25) is 20.4 Å². The molecule has 2 N–H and O–H groups in total. The van der Waals surface area contributed by atoms with Crippen LogP contribution in [-0.4, -0.2) is 28.0 Å². The monoisotopic (exact) mass is 417 g/mol. The van der Waals surface area contributed by atoms with Crippen molar-refractivity contribution in [3.63, 3.8) is 0 Å². The molecule has 1 aromatic heterocycles. The molecule has 11 heteroatoms. The molecule has 154 valence electrons. The van der Waals surface area contributed by atoms with Crippen molar-refractivity contribution in [2.45, 2.75) is 12.7 Å². The van der Waals surface area contributed by atoms with Crippen molar-refractivity contribution >= 4 is 22.8 Å². The maximum atomic E-state index is 13.3. The van der Waals surface area contributed by atoms with Crippen LogP contribution < -0.4 is 15.6 Å². The number of hydrazine groups is 1. The third kappa shape index (κ3) is 4.67. The van der Waals surface area contributed by atoms with Gasteiger partial charge in [0.1, 0.15) is 18.4 Å². The van der Waals surface area contributed by atoms with E-state index in [-0.39, 0.29) is 22.3 Å². The lowest BCUT2D eigenvalue weighted by molar-refractivity contribution is -0.147. The van der Waals surface area contributed by atoms with Crippen LogP contribution in [0.5, 0.6) is 5.75 Å². The van der Waals surface area contributed by atoms with E-state index in [0.717, 1.165) is 4.57 Å². The number of benzene rings is 2. The van der Waals surface area contributed by atoms with Crippen molar-refractivity contribution in [1.29, 1.82) is 5.26 Å². The number of hydrogen-bond donors (Lipinski definition) is 2. The molecule has 2 aromatic carbocycles. The molecule has 0 unspecified atom stereocenters. The van der Waals surface area contributed by atoms with Gasteiger partial charge in [0.15, 0.2) is 6.61 Å². The number of halogens is 3. The predicted molar refractivity (Wildman–Crippen MR) is 97.7 cm³/mol. The maximum absolute atomic E-state index is 13.3. The minimum absolute atomic E-state index is 0.0891. The van der Waals surface area contributed by atoms with Crippen LogP contribution in [0.25, 0.3) is 11.0 Å². The standard InChI is InChI=1S/C19H14F3N5O3/c20-19(21,22)18-24-13-6-2-3-7-14(13)27(18)10-16(28)25-26-17(29)11-30-15-8-4-1-5-12(15)9-23/h1-8H,10-11H2,(H,25,28)(H,26,29). The Kier molecular flexibility index (Phi) is 5.87. The second-order valence-electron chi connectivity index (χ2n) is 6.00. The van der Waals surface area contributed by atoms with Gasteiger partial charge in [-0.25, -0.2) is 4.98 Å². The number of carbonyl (C=O) groups excluding carboxylic acids is 2. The normalized spacial score (nSPS) is 11.0. The van der Waals surface area contributed by atoms with Crippen LogP contribution >= 0.6 is 0 Å². The van der Waals surface area contributed by atoms with E-state index < -0.39 is 37.0 Å². The molecule has 0 aliphatic heterocycles. The molecular formula is C19H14F3N5O3. The summed E-state index contributed by atoms with van der Waals surface area (Å²) in [5, 5.41) is 8.96. The topological polar surface area (TPSA) is 109 Å². The Hall–Kier alpha value is -4.07. The number of alkyl halides is 3. The summed E-state index contributed by atoms with van der Waals surface area (Å²) in [6.45, 7) is -1.23. The highest BCUT2D eigenvalue weighted by atomic mass is 19.4. The molecule has 0 radical (unpaired) electrons. The quantitative estimate of drug-likeness (QED) is 0.619. The fourth-order valence-corrected chi connectivity index (χ4v) is 2.64. The summed E-state index contributed by atoms with van der Waals surface area (Å²) in [5.41, 5.74) is 4.52. The number of fused-ring (bicyclic) bond motifs is 1. The summed E-state index contributed by atoms with van der Waals surface area (Å²) in [7, 11) is 0. The number of para-hydroxylation sites is 3. The average molecular weight is 417 g/mol. The molecular weight excluding hydrogens is 403 g/mol. The van der Waals surface area contributed by atoms with Gasteiger partial charge in [-0.05, 0) is 24.3 Å². The molecule has 8 nitrogen and oxygen atoms in total. The number of ether oxygens (including phenoxy) is 1. The lowest BCUT2D eigenvalue weighted by Crippen LogP contribution is -2.45. The van der Waals surface area contributed by atoms with Crippen molar-refractivity contribution in [3.05, 3.63) is 59.9 Å². The third-order valence-corrected chi connectivity index (χ3v) is 3.92. The van der Waals surface area contributed by atoms with E-state index in [1.165, 1.54) is 36.4 Å². The number of rotatable bonds is 5. The molecule has 1 heterocycles. The molecule has 0 atom stereocenters. The molecule has 0 aliphatic rings. The zero-order chi connectivity index (χ0) is 21.7. The minimum Gasteiger partial charge on any atom is -0.482 e. The predicted octanol–water partition coefficient (Wildman–Crippen LogP) is 2.15. The largest absolute Gasteiger partial charge is 0.482 e. The van der Waals surface area contributed by atoms with Gasteiger partial charge in [0, 0.05) is 0 Å². The summed E-state index contributed by atoms with van der Waals surface area (Å²) in [6.07, 6.45) is -4.76. The first-order chi connectivity index (χ1) is 14.3. The molecule has 0 bridgehead atoms. The van der Waals surface area contributed by atoms with Gasteiger partial charge in [-0.15, -0.1) is 0 Å². The highest BCUT2D eigenvalue weighted by Gasteiger charge is 2.38. The van der Waals surface area contributed by atoms with E-state index >= 15 is 0 Å². The molecule has 0 fully saturated rings. The lowest BCUT2D eigenvalue weighted by atomic mass is 10.2. The van der Waals surface area contributed by atoms with Crippen LogP contribution in [0.2, 0.25) is 0 Å². The Morgan fingerprint density at radius 3 is 2.47 bits per heavy atom. The van der Waals surface area contributed by atoms with E-state index in [1.807, 2.05) is 16.9 Å². The number of imidazole rings is 1. The Labute approximate surface area is 167 Å². The molecule has 3 aromatic rings. The number of nitrogens with zero attached hydrogens (tertiary/aromatic N) is 3. The van der Waals surface area contributed by atoms with Crippen LogP contribution in [0, 0.1) is 11.3 Å². The summed E-state index contributed by atoms with van der Waals surface area (Å²) in [4.78, 5) is 27.5. The molecule has 0 saturated carbocycles. The fourth-order valence-electron chi connectivity index (χ4n) is 2.64. The smallest absolute Gasteiger partial charge is 0.449 e. The number of nitriles is 1. The van der Waals surface area contributed by atoms with Gasteiger partial charge >= 0.3 is 6.18 Å². The third-order valence-electron chi connectivity index (χ3n) is 3.92. The first-order valence-corrected chi connectivity index (χ1v) is 8.51. The maximum Gasteiger partial charge on any atom is 0.449 e. The van der Waals surface area contributed by atoms with Gasteiger partial charge in [-0.1, -0.05) is 24.3 Å². The highest BCUT2D eigenvalue weighted by molar-refractivity contribution is 5.84. The summed E-state index contributed by atoms with van der Waals surface area (Å²) < 4.78 is 45.7. The minimum atomic E-state index is -4.76. The van der Waals surface area contributed by atoms with Crippen molar-refractivity contribution in [1.82, 2.24) is 20.4 Å². The molecule has 3 rings (SSSR count).